The second kappa shape index (κ2) is 7.77. The Morgan fingerprint density at radius 3 is 2.14 bits per heavy atom. The number of esters is 1. The van der Waals surface area contributed by atoms with Crippen LogP contribution in [-0.4, -0.2) is 20.7 Å². The number of carbonyl (C=O) groups excluding carboxylic acids is 1. The largest absolute Gasteiger partial charge is 0.404 e. The average Bonchev–Trinajstić information content (AvgIpc) is 3.19. The van der Waals surface area contributed by atoms with E-state index in [4.69, 9.17) is 4.74 Å². The van der Waals surface area contributed by atoms with Crippen LogP contribution in [0, 0.1) is 10.1 Å². The SMILES string of the molecule is O=C(Oc1cc(-c2ccccc2)nn1-c1ccc([N+](=O)[O-])cc1)c1ccccc1. The van der Waals surface area contributed by atoms with Crippen LogP contribution >= 0.6 is 0 Å². The molecule has 0 saturated heterocycles. The Bertz CT molecular complexity index is 1150. The average molecular weight is 385 g/mol. The second-order valence-corrected chi connectivity index (χ2v) is 6.17. The van der Waals surface area contributed by atoms with Crippen LogP contribution in [0.4, 0.5) is 5.69 Å². The zero-order valence-corrected chi connectivity index (χ0v) is 15.1. The van der Waals surface area contributed by atoms with Crippen LogP contribution in [0.25, 0.3) is 16.9 Å². The smallest absolute Gasteiger partial charge is 0.344 e. The van der Waals surface area contributed by atoms with Gasteiger partial charge in [-0.15, -0.1) is 0 Å². The van der Waals surface area contributed by atoms with E-state index in [0.717, 1.165) is 5.56 Å². The number of nitro groups is 1. The summed E-state index contributed by atoms with van der Waals surface area (Å²) in [5.41, 5.74) is 2.37. The van der Waals surface area contributed by atoms with Crippen LogP contribution in [-0.2, 0) is 0 Å². The minimum Gasteiger partial charge on any atom is -0.404 e. The topological polar surface area (TPSA) is 87.3 Å². The number of rotatable bonds is 5. The molecule has 0 fully saturated rings. The van der Waals surface area contributed by atoms with Crippen molar-refractivity contribution in [3.63, 3.8) is 0 Å². The van der Waals surface area contributed by atoms with Crippen LogP contribution in [0.2, 0.25) is 0 Å². The third kappa shape index (κ3) is 3.89. The molecule has 7 nitrogen and oxygen atoms in total. The van der Waals surface area contributed by atoms with Crippen molar-refractivity contribution in [1.29, 1.82) is 0 Å². The van der Waals surface area contributed by atoms with E-state index in [2.05, 4.69) is 5.10 Å². The van der Waals surface area contributed by atoms with Gasteiger partial charge in [-0.05, 0) is 24.3 Å². The summed E-state index contributed by atoms with van der Waals surface area (Å²) >= 11 is 0. The van der Waals surface area contributed by atoms with Crippen molar-refractivity contribution >= 4 is 11.7 Å². The van der Waals surface area contributed by atoms with E-state index < -0.39 is 10.9 Å². The van der Waals surface area contributed by atoms with Crippen LogP contribution in [0.1, 0.15) is 10.4 Å². The van der Waals surface area contributed by atoms with Gasteiger partial charge in [-0.25, -0.2) is 4.79 Å². The number of non-ortho nitro benzene ring substituents is 1. The molecule has 0 aliphatic heterocycles. The molecule has 4 rings (SSSR count). The van der Waals surface area contributed by atoms with E-state index in [1.807, 2.05) is 36.4 Å². The third-order valence-corrected chi connectivity index (χ3v) is 4.26. The first-order valence-electron chi connectivity index (χ1n) is 8.79. The molecule has 4 aromatic rings. The van der Waals surface area contributed by atoms with Gasteiger partial charge in [-0.3, -0.25) is 10.1 Å². The Morgan fingerprint density at radius 1 is 0.897 bits per heavy atom. The van der Waals surface area contributed by atoms with Crippen LogP contribution in [0.3, 0.4) is 0 Å². The van der Waals surface area contributed by atoms with E-state index in [1.54, 1.807) is 42.5 Å². The Morgan fingerprint density at radius 2 is 1.52 bits per heavy atom. The van der Waals surface area contributed by atoms with Crippen molar-refractivity contribution in [1.82, 2.24) is 9.78 Å². The number of hydrogen-bond donors (Lipinski definition) is 0. The summed E-state index contributed by atoms with van der Waals surface area (Å²) in [5, 5.41) is 15.5. The predicted molar refractivity (Wildman–Crippen MR) is 107 cm³/mol. The number of hydrogen-bond acceptors (Lipinski definition) is 5. The number of aromatic nitrogens is 2. The maximum absolute atomic E-state index is 12.5. The fourth-order valence-electron chi connectivity index (χ4n) is 2.82. The Hall–Kier alpha value is -4.26. The molecule has 0 atom stereocenters. The van der Waals surface area contributed by atoms with Gasteiger partial charge in [0.2, 0.25) is 5.88 Å². The zero-order chi connectivity index (χ0) is 20.2. The fourth-order valence-corrected chi connectivity index (χ4v) is 2.82. The van der Waals surface area contributed by atoms with Crippen molar-refractivity contribution < 1.29 is 14.5 Å². The molecule has 0 spiro atoms. The summed E-state index contributed by atoms with van der Waals surface area (Å²) in [6, 6.07) is 25.6. The molecule has 0 saturated carbocycles. The number of carbonyl (C=O) groups is 1. The first-order valence-corrected chi connectivity index (χ1v) is 8.79. The van der Waals surface area contributed by atoms with E-state index >= 15 is 0 Å². The zero-order valence-electron chi connectivity index (χ0n) is 15.1. The molecule has 0 aliphatic rings. The van der Waals surface area contributed by atoms with Gasteiger partial charge in [-0.1, -0.05) is 48.5 Å². The van der Waals surface area contributed by atoms with Gasteiger partial charge in [0.05, 0.1) is 21.9 Å². The minimum absolute atomic E-state index is 0.0352. The van der Waals surface area contributed by atoms with Crippen molar-refractivity contribution in [2.75, 3.05) is 0 Å². The van der Waals surface area contributed by atoms with Gasteiger partial charge in [0.25, 0.3) is 5.69 Å². The van der Waals surface area contributed by atoms with Crippen molar-refractivity contribution in [2.24, 2.45) is 0 Å². The maximum Gasteiger partial charge on any atom is 0.344 e. The predicted octanol–water partition coefficient (Wildman–Crippen LogP) is 4.67. The van der Waals surface area contributed by atoms with E-state index in [-0.39, 0.29) is 11.6 Å². The lowest BCUT2D eigenvalue weighted by molar-refractivity contribution is -0.384. The monoisotopic (exact) mass is 385 g/mol. The van der Waals surface area contributed by atoms with Crippen molar-refractivity contribution in [3.05, 3.63) is 107 Å². The molecule has 0 radical (unpaired) electrons. The highest BCUT2D eigenvalue weighted by molar-refractivity contribution is 5.91. The highest BCUT2D eigenvalue weighted by atomic mass is 16.6. The molecule has 0 N–H and O–H groups in total. The molecule has 1 aromatic heterocycles. The number of ether oxygens (including phenoxy) is 1. The normalized spacial score (nSPS) is 10.5. The van der Waals surface area contributed by atoms with Gasteiger partial charge in [-0.2, -0.15) is 9.78 Å². The lowest BCUT2D eigenvalue weighted by Crippen LogP contribution is -2.11. The summed E-state index contributed by atoms with van der Waals surface area (Å²) < 4.78 is 7.04. The lowest BCUT2D eigenvalue weighted by Gasteiger charge is -2.07. The van der Waals surface area contributed by atoms with E-state index in [0.29, 0.717) is 16.9 Å². The number of nitro benzene ring substituents is 1. The molecular formula is C22H15N3O4. The molecule has 0 unspecified atom stereocenters. The third-order valence-electron chi connectivity index (χ3n) is 4.26. The molecular weight excluding hydrogens is 370 g/mol. The van der Waals surface area contributed by atoms with E-state index in [9.17, 15) is 14.9 Å². The summed E-state index contributed by atoms with van der Waals surface area (Å²) in [6.45, 7) is 0. The van der Waals surface area contributed by atoms with Gasteiger partial charge in [0, 0.05) is 23.8 Å². The Kier molecular flexibility index (Phi) is 4.86. The molecule has 0 bridgehead atoms. The van der Waals surface area contributed by atoms with Crippen LogP contribution in [0.5, 0.6) is 5.88 Å². The highest BCUT2D eigenvalue weighted by Crippen LogP contribution is 2.27. The maximum atomic E-state index is 12.5. The van der Waals surface area contributed by atoms with Gasteiger partial charge in [0.1, 0.15) is 0 Å². The summed E-state index contributed by atoms with van der Waals surface area (Å²) in [6.07, 6.45) is 0. The number of nitrogens with zero attached hydrogens (tertiary/aromatic N) is 3. The minimum atomic E-state index is -0.520. The first kappa shape index (κ1) is 18.1. The lowest BCUT2D eigenvalue weighted by atomic mass is 10.2. The summed E-state index contributed by atoms with van der Waals surface area (Å²) in [4.78, 5) is 23.0. The van der Waals surface area contributed by atoms with Gasteiger partial charge in [0.15, 0.2) is 0 Å². The first-order chi connectivity index (χ1) is 14.1. The highest BCUT2D eigenvalue weighted by Gasteiger charge is 2.17. The summed E-state index contributed by atoms with van der Waals surface area (Å²) in [7, 11) is 0. The fraction of sp³-hybridized carbons (Fsp3) is 0. The van der Waals surface area contributed by atoms with Crippen LogP contribution < -0.4 is 4.74 Å². The molecule has 1 heterocycles. The van der Waals surface area contributed by atoms with Crippen molar-refractivity contribution in [3.8, 4) is 22.8 Å². The van der Waals surface area contributed by atoms with Gasteiger partial charge >= 0.3 is 5.97 Å². The molecule has 0 amide bonds. The Balaban J connectivity index is 1.75. The number of benzene rings is 3. The van der Waals surface area contributed by atoms with Crippen molar-refractivity contribution in [2.45, 2.75) is 0 Å². The Labute approximate surface area is 166 Å². The molecule has 7 heteroatoms. The van der Waals surface area contributed by atoms with Gasteiger partial charge < -0.3 is 4.74 Å². The molecule has 142 valence electrons. The molecule has 29 heavy (non-hydrogen) atoms. The quantitative estimate of drug-likeness (QED) is 0.283. The standard InChI is InChI=1S/C22H15N3O4/c26-22(17-9-5-2-6-10-17)29-21-15-20(16-7-3-1-4-8-16)23-24(21)18-11-13-19(14-12-18)25(27)28/h1-15H. The molecule has 0 aliphatic carbocycles. The second-order valence-electron chi connectivity index (χ2n) is 6.17. The van der Waals surface area contributed by atoms with E-state index in [1.165, 1.54) is 16.8 Å². The van der Waals surface area contributed by atoms with Crippen LogP contribution in [0.15, 0.2) is 91.0 Å². The summed E-state index contributed by atoms with van der Waals surface area (Å²) in [5.74, 6) is -0.306. The molecule has 3 aromatic carbocycles.